The third kappa shape index (κ3) is 3.87. The van der Waals surface area contributed by atoms with Crippen molar-refractivity contribution in [3.05, 3.63) is 35.4 Å². The smallest absolute Gasteiger partial charge is 0.220 e. The molecule has 0 saturated carbocycles. The summed E-state index contributed by atoms with van der Waals surface area (Å²) in [4.78, 5) is 12.0. The Morgan fingerprint density at radius 1 is 1.26 bits per heavy atom. The number of hydrogen-bond donors (Lipinski definition) is 3. The van der Waals surface area contributed by atoms with E-state index in [2.05, 4.69) is 10.6 Å². The zero-order valence-electron chi connectivity index (χ0n) is 12.9. The van der Waals surface area contributed by atoms with Crippen LogP contribution in [0.4, 0.5) is 8.78 Å². The highest BCUT2D eigenvalue weighted by Gasteiger charge is 2.34. The van der Waals surface area contributed by atoms with Crippen molar-refractivity contribution in [1.29, 1.82) is 0 Å². The van der Waals surface area contributed by atoms with Crippen molar-refractivity contribution < 1.29 is 18.7 Å². The Labute approximate surface area is 134 Å². The summed E-state index contributed by atoms with van der Waals surface area (Å²) in [7, 11) is 0. The van der Waals surface area contributed by atoms with Crippen molar-refractivity contribution >= 4 is 5.91 Å². The number of rotatable bonds is 5. The molecule has 2 bridgehead atoms. The summed E-state index contributed by atoms with van der Waals surface area (Å²) in [6.45, 7) is -0.186. The first-order valence-corrected chi connectivity index (χ1v) is 8.17. The SMILES string of the molecule is O=C(CC1CC2CCC(C1)N2)NCC(O)c1c(F)cccc1F. The number of aliphatic hydroxyl groups is 1. The van der Waals surface area contributed by atoms with Gasteiger partial charge in [-0.05, 0) is 43.7 Å². The first-order valence-electron chi connectivity index (χ1n) is 8.17. The number of amides is 1. The largest absolute Gasteiger partial charge is 0.386 e. The van der Waals surface area contributed by atoms with E-state index in [4.69, 9.17) is 0 Å². The summed E-state index contributed by atoms with van der Waals surface area (Å²) in [6, 6.07) is 4.46. The summed E-state index contributed by atoms with van der Waals surface area (Å²) in [5.74, 6) is -1.44. The number of carbonyl (C=O) groups is 1. The van der Waals surface area contributed by atoms with E-state index in [0.717, 1.165) is 25.0 Å². The summed E-state index contributed by atoms with van der Waals surface area (Å²) < 4.78 is 27.1. The number of nitrogens with one attached hydrogen (secondary N) is 2. The molecule has 0 aromatic heterocycles. The molecule has 3 atom stereocenters. The lowest BCUT2D eigenvalue weighted by molar-refractivity contribution is -0.122. The molecule has 23 heavy (non-hydrogen) atoms. The van der Waals surface area contributed by atoms with Gasteiger partial charge in [0, 0.05) is 25.0 Å². The third-order valence-electron chi connectivity index (χ3n) is 4.87. The molecular formula is C17H22F2N2O2. The van der Waals surface area contributed by atoms with E-state index < -0.39 is 23.3 Å². The molecule has 3 N–H and O–H groups in total. The van der Waals surface area contributed by atoms with Crippen molar-refractivity contribution in [2.75, 3.05) is 6.54 Å². The van der Waals surface area contributed by atoms with Crippen LogP contribution in [0.5, 0.6) is 0 Å². The number of hydrogen-bond acceptors (Lipinski definition) is 3. The molecule has 1 aromatic rings. The van der Waals surface area contributed by atoms with Gasteiger partial charge in [0.05, 0.1) is 5.56 Å². The first-order chi connectivity index (χ1) is 11.0. The average Bonchev–Trinajstić information content (AvgIpc) is 2.84. The molecule has 2 heterocycles. The number of benzene rings is 1. The van der Waals surface area contributed by atoms with Crippen molar-refractivity contribution in [3.8, 4) is 0 Å². The van der Waals surface area contributed by atoms with Crippen molar-refractivity contribution in [3.63, 3.8) is 0 Å². The van der Waals surface area contributed by atoms with E-state index in [1.165, 1.54) is 18.9 Å². The summed E-state index contributed by atoms with van der Waals surface area (Å²) in [5, 5.41) is 16.0. The Morgan fingerprint density at radius 3 is 2.48 bits per heavy atom. The van der Waals surface area contributed by atoms with Gasteiger partial charge in [-0.15, -0.1) is 0 Å². The van der Waals surface area contributed by atoms with Crippen LogP contribution in [0.2, 0.25) is 0 Å². The van der Waals surface area contributed by atoms with Crippen LogP contribution in [0.25, 0.3) is 0 Å². The molecule has 0 spiro atoms. The Hall–Kier alpha value is -1.53. The maximum absolute atomic E-state index is 13.6. The van der Waals surface area contributed by atoms with Crippen molar-refractivity contribution in [2.24, 2.45) is 5.92 Å². The Balaban J connectivity index is 1.49. The fourth-order valence-corrected chi connectivity index (χ4v) is 3.82. The van der Waals surface area contributed by atoms with Gasteiger partial charge < -0.3 is 15.7 Å². The van der Waals surface area contributed by atoms with Gasteiger partial charge in [-0.25, -0.2) is 8.78 Å². The van der Waals surface area contributed by atoms with Crippen LogP contribution in [0, 0.1) is 17.6 Å². The van der Waals surface area contributed by atoms with Crippen molar-refractivity contribution in [2.45, 2.75) is 50.3 Å². The molecule has 126 valence electrons. The Kier molecular flexibility index (Phi) is 4.92. The summed E-state index contributed by atoms with van der Waals surface area (Å²) in [6.07, 6.45) is 3.36. The number of halogens is 2. The lowest BCUT2D eigenvalue weighted by atomic mass is 9.89. The minimum absolute atomic E-state index is 0.174. The topological polar surface area (TPSA) is 61.4 Å². The molecule has 2 fully saturated rings. The predicted molar refractivity (Wildman–Crippen MR) is 81.6 cm³/mol. The highest BCUT2D eigenvalue weighted by Crippen LogP contribution is 2.32. The molecular weight excluding hydrogens is 302 g/mol. The number of carbonyl (C=O) groups excluding carboxylic acids is 1. The Bertz CT molecular complexity index is 549. The van der Waals surface area contributed by atoms with E-state index >= 15 is 0 Å². The van der Waals surface area contributed by atoms with E-state index in [0.29, 0.717) is 24.4 Å². The van der Waals surface area contributed by atoms with E-state index in [9.17, 15) is 18.7 Å². The fourth-order valence-electron chi connectivity index (χ4n) is 3.82. The van der Waals surface area contributed by atoms with Gasteiger partial charge in [0.1, 0.15) is 17.7 Å². The maximum atomic E-state index is 13.6. The lowest BCUT2D eigenvalue weighted by Gasteiger charge is -2.28. The summed E-state index contributed by atoms with van der Waals surface area (Å²) >= 11 is 0. The van der Waals surface area contributed by atoms with Crippen molar-refractivity contribution in [1.82, 2.24) is 10.6 Å². The van der Waals surface area contributed by atoms with E-state index in [1.54, 1.807) is 0 Å². The first kappa shape index (κ1) is 16.3. The van der Waals surface area contributed by atoms with Gasteiger partial charge in [-0.3, -0.25) is 4.79 Å². The second-order valence-electron chi connectivity index (χ2n) is 6.63. The molecule has 2 aliphatic rings. The van der Waals surface area contributed by atoms with Gasteiger partial charge in [0.2, 0.25) is 5.91 Å². The number of piperidine rings is 1. The normalized spacial score (nSPS) is 27.7. The molecule has 3 unspecified atom stereocenters. The standard InChI is InChI=1S/C17H22F2N2O2/c18-13-2-1-3-14(19)17(13)15(22)9-20-16(23)8-10-6-11-4-5-12(7-10)21-11/h1-3,10-12,15,21-22H,4-9H2,(H,20,23). The van der Waals surface area contributed by atoms with Crippen LogP contribution in [0.3, 0.4) is 0 Å². The fraction of sp³-hybridized carbons (Fsp3) is 0.588. The van der Waals surface area contributed by atoms with E-state index in [1.807, 2.05) is 0 Å². The third-order valence-corrected chi connectivity index (χ3v) is 4.87. The molecule has 0 aliphatic carbocycles. The van der Waals surface area contributed by atoms with Gasteiger partial charge in [-0.1, -0.05) is 6.07 Å². The second-order valence-corrected chi connectivity index (χ2v) is 6.63. The molecule has 6 heteroatoms. The number of fused-ring (bicyclic) bond motifs is 2. The number of aliphatic hydroxyl groups excluding tert-OH is 1. The monoisotopic (exact) mass is 324 g/mol. The maximum Gasteiger partial charge on any atom is 0.220 e. The zero-order valence-corrected chi connectivity index (χ0v) is 12.9. The second kappa shape index (κ2) is 6.93. The molecule has 1 aromatic carbocycles. The molecule has 2 aliphatic heterocycles. The van der Waals surface area contributed by atoms with Gasteiger partial charge in [0.15, 0.2) is 0 Å². The van der Waals surface area contributed by atoms with Gasteiger partial charge in [0.25, 0.3) is 0 Å². The zero-order chi connectivity index (χ0) is 16.4. The van der Waals surface area contributed by atoms with Crippen LogP contribution < -0.4 is 10.6 Å². The molecule has 1 amide bonds. The lowest BCUT2D eigenvalue weighted by Crippen LogP contribution is -2.40. The average molecular weight is 324 g/mol. The van der Waals surface area contributed by atoms with Crippen LogP contribution in [-0.2, 0) is 4.79 Å². The van der Waals surface area contributed by atoms with E-state index in [-0.39, 0.29) is 12.5 Å². The predicted octanol–water partition coefficient (Wildman–Crippen LogP) is 2.04. The molecule has 0 radical (unpaired) electrons. The summed E-state index contributed by atoms with van der Waals surface area (Å²) in [5.41, 5.74) is -0.396. The van der Waals surface area contributed by atoms with Crippen LogP contribution in [0.15, 0.2) is 18.2 Å². The molecule has 4 nitrogen and oxygen atoms in total. The highest BCUT2D eigenvalue weighted by molar-refractivity contribution is 5.76. The quantitative estimate of drug-likeness (QED) is 0.777. The minimum Gasteiger partial charge on any atom is -0.386 e. The molecule has 2 saturated heterocycles. The Morgan fingerprint density at radius 2 is 1.87 bits per heavy atom. The van der Waals surface area contributed by atoms with Gasteiger partial charge >= 0.3 is 0 Å². The minimum atomic E-state index is -1.38. The van der Waals surface area contributed by atoms with Crippen LogP contribution in [0.1, 0.15) is 43.8 Å². The van der Waals surface area contributed by atoms with Crippen LogP contribution in [-0.4, -0.2) is 29.6 Å². The van der Waals surface area contributed by atoms with Gasteiger partial charge in [-0.2, -0.15) is 0 Å². The van der Waals surface area contributed by atoms with Crippen LogP contribution >= 0.6 is 0 Å². The molecule has 3 rings (SSSR count). The highest BCUT2D eigenvalue weighted by atomic mass is 19.1.